The van der Waals surface area contributed by atoms with Crippen molar-refractivity contribution in [2.24, 2.45) is 16.5 Å². The van der Waals surface area contributed by atoms with Crippen LogP contribution in [0.4, 0.5) is 0 Å². The summed E-state index contributed by atoms with van der Waals surface area (Å²) in [6.45, 7) is 4.10. The lowest BCUT2D eigenvalue weighted by atomic mass is 9.79. The van der Waals surface area contributed by atoms with E-state index >= 15 is 0 Å². The Morgan fingerprint density at radius 1 is 1.29 bits per heavy atom. The normalized spacial score (nSPS) is 19.8. The summed E-state index contributed by atoms with van der Waals surface area (Å²) < 4.78 is 0. The Kier molecular flexibility index (Phi) is 6.05. The highest BCUT2D eigenvalue weighted by atomic mass is 35.5. The molecule has 1 heterocycles. The maximum absolute atomic E-state index is 9.80. The molecule has 24 heavy (non-hydrogen) atoms. The van der Waals surface area contributed by atoms with Gasteiger partial charge in [-0.05, 0) is 24.5 Å². The van der Waals surface area contributed by atoms with Crippen LogP contribution in [0.25, 0.3) is 0 Å². The van der Waals surface area contributed by atoms with Crippen LogP contribution in [0, 0.1) is 11.3 Å². The maximum Gasteiger partial charge on any atom is 0.129 e. The van der Waals surface area contributed by atoms with Crippen LogP contribution in [0.2, 0.25) is 5.02 Å². The first-order chi connectivity index (χ1) is 11.5. The number of amidine groups is 1. The van der Waals surface area contributed by atoms with Crippen molar-refractivity contribution in [2.75, 3.05) is 0 Å². The van der Waals surface area contributed by atoms with Crippen molar-refractivity contribution in [3.63, 3.8) is 0 Å². The van der Waals surface area contributed by atoms with E-state index in [9.17, 15) is 5.26 Å². The van der Waals surface area contributed by atoms with Crippen LogP contribution in [0.3, 0.4) is 0 Å². The number of nitrogens with zero attached hydrogens (tertiary/aromatic N) is 2. The number of halogens is 1. The van der Waals surface area contributed by atoms with E-state index in [2.05, 4.69) is 24.9 Å². The zero-order valence-corrected chi connectivity index (χ0v) is 14.9. The van der Waals surface area contributed by atoms with Crippen molar-refractivity contribution in [2.45, 2.75) is 45.4 Å². The Morgan fingerprint density at radius 3 is 2.58 bits per heavy atom. The minimum atomic E-state index is -0.353. The monoisotopic (exact) mass is 342 g/mol. The first-order valence-electron chi connectivity index (χ1n) is 8.25. The largest absolute Gasteiger partial charge is 0.402 e. The van der Waals surface area contributed by atoms with Gasteiger partial charge in [0, 0.05) is 16.3 Å². The number of nitriles is 1. The molecular weight excluding hydrogens is 320 g/mol. The lowest BCUT2D eigenvalue weighted by Crippen LogP contribution is -2.29. The highest BCUT2D eigenvalue weighted by Gasteiger charge is 2.33. The van der Waals surface area contributed by atoms with Crippen LogP contribution in [0.1, 0.15) is 51.0 Å². The van der Waals surface area contributed by atoms with Gasteiger partial charge in [0.2, 0.25) is 0 Å². The number of benzene rings is 1. The van der Waals surface area contributed by atoms with Gasteiger partial charge in [0.25, 0.3) is 0 Å². The Morgan fingerprint density at radius 2 is 2.00 bits per heavy atom. The average Bonchev–Trinajstić information content (AvgIpc) is 2.55. The predicted molar refractivity (Wildman–Crippen MR) is 99.5 cm³/mol. The molecule has 0 bridgehead atoms. The van der Waals surface area contributed by atoms with Crippen LogP contribution in [-0.2, 0) is 0 Å². The van der Waals surface area contributed by atoms with E-state index in [1.54, 1.807) is 0 Å². The van der Waals surface area contributed by atoms with Gasteiger partial charge < -0.3 is 11.5 Å². The summed E-state index contributed by atoms with van der Waals surface area (Å²) in [6, 6.07) is 9.85. The van der Waals surface area contributed by atoms with Gasteiger partial charge in [-0.15, -0.1) is 0 Å². The van der Waals surface area contributed by atoms with Gasteiger partial charge in [-0.3, -0.25) is 0 Å². The van der Waals surface area contributed by atoms with E-state index in [1.807, 2.05) is 24.3 Å². The van der Waals surface area contributed by atoms with Gasteiger partial charge in [0.05, 0.1) is 23.3 Å². The van der Waals surface area contributed by atoms with Crippen LogP contribution < -0.4 is 11.5 Å². The molecule has 4 N–H and O–H groups in total. The predicted octanol–water partition coefficient (Wildman–Crippen LogP) is 4.39. The third-order valence-corrected chi connectivity index (χ3v) is 4.45. The second kappa shape index (κ2) is 8.03. The molecular formula is C19H23ClN4. The van der Waals surface area contributed by atoms with E-state index < -0.39 is 0 Å². The van der Waals surface area contributed by atoms with Crippen LogP contribution >= 0.6 is 11.6 Å². The summed E-state index contributed by atoms with van der Waals surface area (Å²) in [5.41, 5.74) is 16.1. The summed E-state index contributed by atoms with van der Waals surface area (Å²) in [5, 5.41) is 10.4. The smallest absolute Gasteiger partial charge is 0.129 e. The molecule has 1 aliphatic heterocycles. The molecule has 1 aromatic rings. The summed E-state index contributed by atoms with van der Waals surface area (Å²) in [7, 11) is 0. The van der Waals surface area contributed by atoms with Gasteiger partial charge in [-0.25, -0.2) is 4.99 Å². The number of hydrogen-bond acceptors (Lipinski definition) is 4. The molecule has 126 valence electrons. The topological polar surface area (TPSA) is 88.2 Å². The molecule has 1 aromatic carbocycles. The fourth-order valence-electron chi connectivity index (χ4n) is 3.06. The number of rotatable bonds is 5. The van der Waals surface area contributed by atoms with Gasteiger partial charge in [0.15, 0.2) is 0 Å². The van der Waals surface area contributed by atoms with Gasteiger partial charge >= 0.3 is 0 Å². The molecule has 2 rings (SSSR count). The van der Waals surface area contributed by atoms with E-state index in [-0.39, 0.29) is 5.92 Å². The molecule has 4 nitrogen and oxygen atoms in total. The molecule has 0 aliphatic carbocycles. The fraction of sp³-hybridized carbons (Fsp3) is 0.368. The second-order valence-corrected chi connectivity index (χ2v) is 6.27. The first-order valence-corrected chi connectivity index (χ1v) is 8.63. The fourth-order valence-corrected chi connectivity index (χ4v) is 3.30. The number of allylic oxidation sites excluding steroid dienone is 3. The highest BCUT2D eigenvalue weighted by Crippen LogP contribution is 2.42. The van der Waals surface area contributed by atoms with Crippen molar-refractivity contribution in [3.05, 3.63) is 57.4 Å². The summed E-state index contributed by atoms with van der Waals surface area (Å²) in [6.07, 6.45) is 3.18. The molecule has 0 amide bonds. The third kappa shape index (κ3) is 3.47. The number of nitrogens with two attached hydrogens (primary N) is 2. The van der Waals surface area contributed by atoms with E-state index in [4.69, 9.17) is 23.1 Å². The molecule has 0 saturated carbocycles. The zero-order valence-electron chi connectivity index (χ0n) is 14.1. The van der Waals surface area contributed by atoms with Gasteiger partial charge in [0.1, 0.15) is 5.84 Å². The van der Waals surface area contributed by atoms with Crippen molar-refractivity contribution >= 4 is 17.4 Å². The Balaban J connectivity index is 2.74. The summed E-state index contributed by atoms with van der Waals surface area (Å²) in [5.74, 6) is 0.0441. The summed E-state index contributed by atoms with van der Waals surface area (Å²) >= 11 is 6.42. The minimum absolute atomic E-state index is 0.353. The summed E-state index contributed by atoms with van der Waals surface area (Å²) in [4.78, 5) is 4.49. The second-order valence-electron chi connectivity index (χ2n) is 5.86. The maximum atomic E-state index is 9.80. The molecule has 0 aromatic heterocycles. The van der Waals surface area contributed by atoms with Crippen molar-refractivity contribution in [3.8, 4) is 6.07 Å². The van der Waals surface area contributed by atoms with Gasteiger partial charge in [-0.2, -0.15) is 5.26 Å². The molecule has 0 radical (unpaired) electrons. The minimum Gasteiger partial charge on any atom is -0.402 e. The third-order valence-electron chi connectivity index (χ3n) is 4.11. The molecule has 1 unspecified atom stereocenters. The molecule has 0 fully saturated rings. The van der Waals surface area contributed by atoms with E-state index in [0.717, 1.165) is 29.7 Å². The van der Waals surface area contributed by atoms with Gasteiger partial charge in [-0.1, -0.05) is 56.5 Å². The van der Waals surface area contributed by atoms with Crippen LogP contribution in [0.5, 0.6) is 0 Å². The Hall–Kier alpha value is -2.25. The Labute approximate surface area is 148 Å². The van der Waals surface area contributed by atoms with E-state index in [1.165, 1.54) is 0 Å². The van der Waals surface area contributed by atoms with Crippen LogP contribution in [-0.4, -0.2) is 5.84 Å². The zero-order chi connectivity index (χ0) is 17.7. The lowest BCUT2D eigenvalue weighted by molar-refractivity contribution is 0.812. The Bertz CT molecular complexity index is 753. The van der Waals surface area contributed by atoms with Crippen molar-refractivity contribution < 1.29 is 0 Å². The average molecular weight is 343 g/mol. The highest BCUT2D eigenvalue weighted by molar-refractivity contribution is 6.31. The first kappa shape index (κ1) is 18.1. The number of aliphatic imine (C=N–C) groups is 1. The lowest BCUT2D eigenvalue weighted by Gasteiger charge is -2.28. The molecule has 1 aliphatic rings. The molecule has 0 spiro atoms. The molecule has 0 saturated heterocycles. The SMILES string of the molecule is CCCC1=C(C#N)C(c2ccccc2Cl)/C(=C(/N)CCC)C(N)=N1. The van der Waals surface area contributed by atoms with Crippen LogP contribution in [0.15, 0.2) is 51.8 Å². The van der Waals surface area contributed by atoms with Crippen molar-refractivity contribution in [1.29, 1.82) is 5.26 Å². The molecule has 1 atom stereocenters. The van der Waals surface area contributed by atoms with E-state index in [0.29, 0.717) is 35.0 Å². The standard InChI is InChI=1S/C19H23ClN4/c1-3-7-15(22)18-17(12-9-5-6-10-14(12)20)13(11-21)16(8-4-2)24-19(18)23/h5-6,9-10,17H,3-4,7-8,22H2,1-2H3,(H2,23,24)/b18-15-. The molecule has 5 heteroatoms. The van der Waals surface area contributed by atoms with Crippen molar-refractivity contribution in [1.82, 2.24) is 0 Å². The number of hydrogen-bond donors (Lipinski definition) is 2. The quantitative estimate of drug-likeness (QED) is 0.831.